The van der Waals surface area contributed by atoms with E-state index in [1.54, 1.807) is 17.4 Å². The first-order valence-electron chi connectivity index (χ1n) is 5.61. The SMILES string of the molecule is C1CCOC1.CN1CCCC1=O.C[S+](C)[O-]. The quantitative estimate of drug-likeness (QED) is 0.603. The van der Waals surface area contributed by atoms with Crippen LogP contribution in [-0.2, 0) is 20.7 Å². The van der Waals surface area contributed by atoms with E-state index in [-0.39, 0.29) is 0 Å². The van der Waals surface area contributed by atoms with Gasteiger partial charge in [0.05, 0.1) is 12.5 Å². The van der Waals surface area contributed by atoms with Gasteiger partial charge in [-0.05, 0) is 19.3 Å². The molecule has 0 aromatic rings. The fourth-order valence-corrected chi connectivity index (χ4v) is 1.29. The van der Waals surface area contributed by atoms with Crippen molar-refractivity contribution < 1.29 is 14.1 Å². The minimum Gasteiger partial charge on any atom is -0.617 e. The molecule has 0 unspecified atom stereocenters. The monoisotopic (exact) mass is 249 g/mol. The van der Waals surface area contributed by atoms with Crippen LogP contribution in [-0.4, -0.2) is 54.7 Å². The lowest BCUT2D eigenvalue weighted by atomic mass is 10.4. The molecule has 16 heavy (non-hydrogen) atoms. The van der Waals surface area contributed by atoms with E-state index >= 15 is 0 Å². The molecular weight excluding hydrogens is 226 g/mol. The number of rotatable bonds is 0. The molecule has 0 radical (unpaired) electrons. The van der Waals surface area contributed by atoms with E-state index in [0.29, 0.717) is 5.91 Å². The van der Waals surface area contributed by atoms with Gasteiger partial charge in [-0.25, -0.2) is 0 Å². The van der Waals surface area contributed by atoms with Gasteiger partial charge in [0.25, 0.3) is 0 Å². The molecule has 2 heterocycles. The fraction of sp³-hybridized carbons (Fsp3) is 0.909. The third-order valence-electron chi connectivity index (χ3n) is 2.14. The van der Waals surface area contributed by atoms with Gasteiger partial charge in [-0.2, -0.15) is 0 Å². The molecule has 2 saturated heterocycles. The lowest BCUT2D eigenvalue weighted by Crippen LogP contribution is -2.17. The van der Waals surface area contributed by atoms with Gasteiger partial charge in [-0.15, -0.1) is 0 Å². The minimum atomic E-state index is -0.611. The van der Waals surface area contributed by atoms with Gasteiger partial charge in [-0.3, -0.25) is 4.79 Å². The predicted molar refractivity (Wildman–Crippen MR) is 66.9 cm³/mol. The topological polar surface area (TPSA) is 52.6 Å². The molecule has 4 nitrogen and oxygen atoms in total. The third-order valence-corrected chi connectivity index (χ3v) is 2.14. The Morgan fingerprint density at radius 2 is 1.75 bits per heavy atom. The van der Waals surface area contributed by atoms with Crippen LogP contribution in [0.2, 0.25) is 0 Å². The average Bonchev–Trinajstić information content (AvgIpc) is 2.81. The number of likely N-dealkylation sites (tertiary alicyclic amines) is 1. The highest BCUT2D eigenvalue weighted by molar-refractivity contribution is 7.89. The van der Waals surface area contributed by atoms with E-state index in [2.05, 4.69) is 0 Å². The molecule has 0 spiro atoms. The second-order valence-corrected chi connectivity index (χ2v) is 5.46. The Morgan fingerprint density at radius 3 is 1.88 bits per heavy atom. The van der Waals surface area contributed by atoms with Crippen molar-refractivity contribution in [1.82, 2.24) is 4.90 Å². The standard InChI is InChI=1S/C5H9NO.C4H8O.C2H6OS/c1-6-4-2-3-5(6)7;1-2-4-5-3-1;1-4(2)3/h2-4H2,1H3;1-4H2;1-2H3. The molecule has 2 rings (SSSR count). The summed E-state index contributed by atoms with van der Waals surface area (Å²) in [5, 5.41) is 0. The second kappa shape index (κ2) is 9.93. The molecule has 2 aliphatic heterocycles. The molecule has 0 N–H and O–H groups in total. The van der Waals surface area contributed by atoms with Crippen molar-refractivity contribution in [1.29, 1.82) is 0 Å². The molecule has 0 aromatic carbocycles. The Kier molecular flexibility index (Phi) is 9.77. The van der Waals surface area contributed by atoms with Gasteiger partial charge in [0.2, 0.25) is 5.91 Å². The maximum atomic E-state index is 10.5. The van der Waals surface area contributed by atoms with Crippen molar-refractivity contribution in [3.8, 4) is 0 Å². The number of hydrogen-bond acceptors (Lipinski definition) is 3. The highest BCUT2D eigenvalue weighted by Gasteiger charge is 2.14. The molecule has 0 aliphatic carbocycles. The largest absolute Gasteiger partial charge is 0.617 e. The van der Waals surface area contributed by atoms with Crippen molar-refractivity contribution in [2.24, 2.45) is 0 Å². The van der Waals surface area contributed by atoms with Crippen molar-refractivity contribution >= 4 is 17.1 Å². The first kappa shape index (κ1) is 15.7. The first-order valence-corrected chi connectivity index (χ1v) is 7.57. The normalized spacial score (nSPS) is 19.1. The summed E-state index contributed by atoms with van der Waals surface area (Å²) in [7, 11) is 1.84. The molecule has 0 saturated carbocycles. The van der Waals surface area contributed by atoms with Crippen LogP contribution in [0.1, 0.15) is 25.7 Å². The summed E-state index contributed by atoms with van der Waals surface area (Å²) >= 11 is -0.611. The van der Waals surface area contributed by atoms with Crippen LogP contribution < -0.4 is 0 Å². The number of nitrogens with zero attached hydrogens (tertiary/aromatic N) is 1. The highest BCUT2D eigenvalue weighted by Crippen LogP contribution is 2.04. The summed E-state index contributed by atoms with van der Waals surface area (Å²) in [6.45, 7) is 2.96. The molecule has 0 bridgehead atoms. The zero-order valence-corrected chi connectivity index (χ0v) is 11.3. The molecule has 2 fully saturated rings. The maximum Gasteiger partial charge on any atom is 0.222 e. The van der Waals surface area contributed by atoms with E-state index < -0.39 is 11.2 Å². The third kappa shape index (κ3) is 10.3. The molecule has 96 valence electrons. The Hall–Kier alpha value is -0.260. The Morgan fingerprint density at radius 1 is 1.25 bits per heavy atom. The van der Waals surface area contributed by atoms with Crippen LogP contribution >= 0.6 is 0 Å². The Bertz CT molecular complexity index is 174. The van der Waals surface area contributed by atoms with Crippen LogP contribution in [0.3, 0.4) is 0 Å². The molecule has 0 aromatic heterocycles. The number of ether oxygens (including phenoxy) is 1. The minimum absolute atomic E-state index is 0.292. The van der Waals surface area contributed by atoms with Crippen LogP contribution in [0, 0.1) is 0 Å². The van der Waals surface area contributed by atoms with Crippen LogP contribution in [0.4, 0.5) is 0 Å². The van der Waals surface area contributed by atoms with Gasteiger partial charge < -0.3 is 14.2 Å². The van der Waals surface area contributed by atoms with Gasteiger partial charge in [0, 0.05) is 33.2 Å². The van der Waals surface area contributed by atoms with Crippen molar-refractivity contribution in [3.63, 3.8) is 0 Å². The van der Waals surface area contributed by atoms with Crippen molar-refractivity contribution in [3.05, 3.63) is 0 Å². The molecule has 1 amide bonds. The lowest BCUT2D eigenvalue weighted by molar-refractivity contribution is -0.126. The van der Waals surface area contributed by atoms with Crippen LogP contribution in [0.25, 0.3) is 0 Å². The molecule has 5 heteroatoms. The number of carbonyl (C=O) groups excluding carboxylic acids is 1. The van der Waals surface area contributed by atoms with Crippen LogP contribution in [0.15, 0.2) is 0 Å². The summed E-state index contributed by atoms with van der Waals surface area (Å²) in [6, 6.07) is 0. The zero-order valence-electron chi connectivity index (χ0n) is 10.5. The van der Waals surface area contributed by atoms with E-state index in [4.69, 9.17) is 4.74 Å². The van der Waals surface area contributed by atoms with Crippen LogP contribution in [0.5, 0.6) is 0 Å². The summed E-state index contributed by atoms with van der Waals surface area (Å²) in [4.78, 5) is 12.3. The average molecular weight is 249 g/mol. The summed E-state index contributed by atoms with van der Waals surface area (Å²) in [6.07, 6.45) is 7.64. The molecule has 2 aliphatic rings. The number of hydrogen-bond donors (Lipinski definition) is 0. The van der Waals surface area contributed by atoms with E-state index in [9.17, 15) is 9.35 Å². The fourth-order valence-electron chi connectivity index (χ4n) is 1.29. The van der Waals surface area contributed by atoms with Gasteiger partial charge in [-0.1, -0.05) is 11.2 Å². The van der Waals surface area contributed by atoms with E-state index in [0.717, 1.165) is 32.6 Å². The summed E-state index contributed by atoms with van der Waals surface area (Å²) in [5.74, 6) is 0.292. The summed E-state index contributed by atoms with van der Waals surface area (Å²) in [5.41, 5.74) is 0. The predicted octanol–water partition coefficient (Wildman–Crippen LogP) is 1.03. The number of amides is 1. The molecular formula is C11H23NO3S. The Labute approximate surface area is 102 Å². The smallest absolute Gasteiger partial charge is 0.222 e. The van der Waals surface area contributed by atoms with Crippen molar-refractivity contribution in [2.75, 3.05) is 39.3 Å². The lowest BCUT2D eigenvalue weighted by Gasteiger charge is -2.03. The van der Waals surface area contributed by atoms with E-state index in [1.807, 2.05) is 7.05 Å². The maximum absolute atomic E-state index is 10.5. The zero-order chi connectivity index (χ0) is 12.4. The van der Waals surface area contributed by atoms with Gasteiger partial charge in [0.15, 0.2) is 0 Å². The van der Waals surface area contributed by atoms with E-state index in [1.165, 1.54) is 12.8 Å². The highest BCUT2D eigenvalue weighted by atomic mass is 32.2. The van der Waals surface area contributed by atoms with Gasteiger partial charge in [0.1, 0.15) is 0 Å². The Balaban J connectivity index is 0.000000222. The second-order valence-electron chi connectivity index (χ2n) is 3.98. The number of carbonyl (C=O) groups is 1. The van der Waals surface area contributed by atoms with Gasteiger partial charge >= 0.3 is 0 Å². The first-order chi connectivity index (χ1) is 7.54. The summed E-state index contributed by atoms with van der Waals surface area (Å²) < 4.78 is 14.5. The molecule has 0 atom stereocenters. The van der Waals surface area contributed by atoms with Crippen molar-refractivity contribution in [2.45, 2.75) is 25.7 Å².